The van der Waals surface area contributed by atoms with E-state index in [2.05, 4.69) is 22.4 Å². The van der Waals surface area contributed by atoms with Crippen LogP contribution in [0.3, 0.4) is 0 Å². The molecule has 0 saturated carbocycles. The molecule has 0 spiro atoms. The summed E-state index contributed by atoms with van der Waals surface area (Å²) in [6, 6.07) is 18.2. The SMILES string of the molecule is C=C(C)c1ccccc1C(CNS(=O)C(C)(C)C)c1cc2cccc(-c3cc(C(C)(O)C(F)(F)F)ccn3)c2s1. The van der Waals surface area contributed by atoms with Gasteiger partial charge in [0.25, 0.3) is 0 Å². The lowest BCUT2D eigenvalue weighted by Crippen LogP contribution is -2.39. The molecule has 3 unspecified atom stereocenters. The normalized spacial score (nSPS) is 15.5. The minimum Gasteiger partial charge on any atom is -0.376 e. The van der Waals surface area contributed by atoms with Gasteiger partial charge in [-0.2, -0.15) is 13.2 Å². The molecule has 3 atom stereocenters. The third-order valence-electron chi connectivity index (χ3n) is 6.83. The molecule has 0 amide bonds. The standard InChI is InChI=1S/C31H33F3N2O2S2/c1-19(2)22-11-7-8-12-23(22)25(18-36-40(38)29(3,4)5)27-16-20-10-9-13-24(28(20)39-27)26-17-21(14-15-35-26)30(6,37)31(32,33)34/h7-17,25,36-37H,1,18H2,2-6H3. The number of thiophene rings is 1. The number of nitrogens with one attached hydrogen (secondary N) is 1. The zero-order valence-corrected chi connectivity index (χ0v) is 24.7. The van der Waals surface area contributed by atoms with Crippen molar-refractivity contribution in [1.29, 1.82) is 0 Å². The third-order valence-corrected chi connectivity index (χ3v) is 9.67. The monoisotopic (exact) mass is 586 g/mol. The summed E-state index contributed by atoms with van der Waals surface area (Å²) in [6.45, 7) is 13.0. The number of benzene rings is 2. The molecule has 0 aliphatic carbocycles. The van der Waals surface area contributed by atoms with Gasteiger partial charge in [-0.05, 0) is 74.9 Å². The summed E-state index contributed by atoms with van der Waals surface area (Å²) in [6.07, 6.45) is -3.55. The second kappa shape index (κ2) is 11.2. The Morgan fingerprint density at radius 3 is 2.42 bits per heavy atom. The van der Waals surface area contributed by atoms with Crippen LogP contribution in [0.4, 0.5) is 13.2 Å². The molecule has 0 bridgehead atoms. The smallest absolute Gasteiger partial charge is 0.376 e. The molecule has 0 radical (unpaired) electrons. The van der Waals surface area contributed by atoms with E-state index in [-0.39, 0.29) is 11.5 Å². The van der Waals surface area contributed by atoms with E-state index in [0.29, 0.717) is 17.8 Å². The van der Waals surface area contributed by atoms with Crippen LogP contribution in [0.5, 0.6) is 0 Å². The van der Waals surface area contributed by atoms with Gasteiger partial charge in [-0.3, -0.25) is 4.98 Å². The Morgan fingerprint density at radius 2 is 1.77 bits per heavy atom. The molecule has 40 heavy (non-hydrogen) atoms. The van der Waals surface area contributed by atoms with Gasteiger partial charge in [-0.15, -0.1) is 11.3 Å². The van der Waals surface area contributed by atoms with Crippen molar-refractivity contribution >= 4 is 38.0 Å². The van der Waals surface area contributed by atoms with E-state index >= 15 is 0 Å². The molecule has 4 nitrogen and oxygen atoms in total. The first-order chi connectivity index (χ1) is 18.6. The molecule has 2 heterocycles. The molecule has 4 aromatic rings. The Morgan fingerprint density at radius 1 is 1.07 bits per heavy atom. The van der Waals surface area contributed by atoms with E-state index in [1.54, 1.807) is 0 Å². The zero-order valence-electron chi connectivity index (χ0n) is 23.1. The van der Waals surface area contributed by atoms with Crippen LogP contribution < -0.4 is 4.72 Å². The molecule has 2 aromatic carbocycles. The molecule has 2 N–H and O–H groups in total. The predicted molar refractivity (Wildman–Crippen MR) is 160 cm³/mol. The Balaban J connectivity index is 1.84. The fourth-order valence-corrected chi connectivity index (χ4v) is 6.48. The number of alkyl halides is 3. The number of rotatable bonds is 8. The molecule has 4 rings (SSSR count). The Labute approximate surface area is 239 Å². The number of aromatic nitrogens is 1. The Kier molecular flexibility index (Phi) is 8.43. The summed E-state index contributed by atoms with van der Waals surface area (Å²) in [7, 11) is -1.29. The highest BCUT2D eigenvalue weighted by Crippen LogP contribution is 2.43. The summed E-state index contributed by atoms with van der Waals surface area (Å²) in [5, 5.41) is 11.2. The van der Waals surface area contributed by atoms with Crippen molar-refractivity contribution in [2.75, 3.05) is 6.54 Å². The topological polar surface area (TPSA) is 62.2 Å². The van der Waals surface area contributed by atoms with Crippen LogP contribution in [0.25, 0.3) is 26.9 Å². The molecule has 0 aliphatic heterocycles. The van der Waals surface area contributed by atoms with E-state index in [1.807, 2.05) is 70.2 Å². The molecule has 212 valence electrons. The average Bonchev–Trinajstić information content (AvgIpc) is 3.32. The summed E-state index contributed by atoms with van der Waals surface area (Å²) in [4.78, 5) is 5.36. The lowest BCUT2D eigenvalue weighted by molar-refractivity contribution is -0.258. The first-order valence-corrected chi connectivity index (χ1v) is 14.8. The highest BCUT2D eigenvalue weighted by atomic mass is 32.2. The van der Waals surface area contributed by atoms with Crippen LogP contribution in [0, 0.1) is 0 Å². The van der Waals surface area contributed by atoms with Gasteiger partial charge in [0.1, 0.15) is 0 Å². The number of hydrogen-bond donors (Lipinski definition) is 2. The van der Waals surface area contributed by atoms with Crippen LogP contribution in [-0.2, 0) is 16.6 Å². The van der Waals surface area contributed by atoms with Crippen LogP contribution in [0.1, 0.15) is 62.1 Å². The summed E-state index contributed by atoms with van der Waals surface area (Å²) in [5.41, 5.74) is 0.696. The van der Waals surface area contributed by atoms with E-state index < -0.39 is 27.5 Å². The van der Waals surface area contributed by atoms with Gasteiger partial charge >= 0.3 is 6.18 Å². The van der Waals surface area contributed by atoms with Crippen LogP contribution in [-0.4, -0.2) is 31.8 Å². The van der Waals surface area contributed by atoms with Crippen LogP contribution in [0.15, 0.2) is 73.4 Å². The summed E-state index contributed by atoms with van der Waals surface area (Å²) in [5.74, 6) is -0.158. The molecule has 9 heteroatoms. The van der Waals surface area contributed by atoms with E-state index in [1.165, 1.54) is 29.7 Å². The van der Waals surface area contributed by atoms with E-state index in [9.17, 15) is 22.5 Å². The van der Waals surface area contributed by atoms with Crippen molar-refractivity contribution in [3.63, 3.8) is 0 Å². The fraction of sp³-hybridized carbons (Fsp3) is 0.323. The Bertz CT molecular complexity index is 1570. The number of pyridine rings is 1. The number of hydrogen-bond acceptors (Lipinski definition) is 4. The first-order valence-electron chi connectivity index (χ1n) is 12.8. The average molecular weight is 587 g/mol. The highest BCUT2D eigenvalue weighted by molar-refractivity contribution is 7.84. The zero-order chi connectivity index (χ0) is 29.5. The molecule has 0 aliphatic rings. The number of nitrogens with zero attached hydrogens (tertiary/aromatic N) is 1. The highest BCUT2D eigenvalue weighted by Gasteiger charge is 2.51. The van der Waals surface area contributed by atoms with Gasteiger partial charge in [0.15, 0.2) is 5.60 Å². The van der Waals surface area contributed by atoms with E-state index in [0.717, 1.165) is 38.6 Å². The maximum atomic E-state index is 13.5. The van der Waals surface area contributed by atoms with Crippen molar-refractivity contribution in [2.24, 2.45) is 0 Å². The van der Waals surface area contributed by atoms with Crippen LogP contribution >= 0.6 is 11.3 Å². The van der Waals surface area contributed by atoms with Crippen molar-refractivity contribution < 1.29 is 22.5 Å². The van der Waals surface area contributed by atoms with Gasteiger partial charge in [-0.1, -0.05) is 54.6 Å². The minimum atomic E-state index is -4.84. The lowest BCUT2D eigenvalue weighted by atomic mass is 9.90. The molecule has 0 saturated heterocycles. The maximum Gasteiger partial charge on any atom is 0.421 e. The number of halogens is 3. The molecular weight excluding hydrogens is 553 g/mol. The molecule has 2 aromatic heterocycles. The summed E-state index contributed by atoms with van der Waals surface area (Å²) >= 11 is 1.53. The van der Waals surface area contributed by atoms with Gasteiger partial charge in [-0.25, -0.2) is 8.93 Å². The second-order valence-electron chi connectivity index (χ2n) is 11.0. The first kappa shape index (κ1) is 30.1. The third kappa shape index (κ3) is 6.07. The number of aliphatic hydroxyl groups is 1. The Hall–Kier alpha value is -2.85. The van der Waals surface area contributed by atoms with Crippen molar-refractivity contribution in [3.8, 4) is 11.3 Å². The van der Waals surface area contributed by atoms with Gasteiger partial charge in [0, 0.05) is 33.8 Å². The van der Waals surface area contributed by atoms with Crippen molar-refractivity contribution in [1.82, 2.24) is 9.71 Å². The molecular formula is C31H33F3N2O2S2. The number of fused-ring (bicyclic) bond motifs is 1. The van der Waals surface area contributed by atoms with Gasteiger partial charge in [0.05, 0.1) is 21.4 Å². The fourth-order valence-electron chi connectivity index (χ4n) is 4.43. The second-order valence-corrected chi connectivity index (χ2v) is 14.2. The predicted octanol–water partition coefficient (Wildman–Crippen LogP) is 7.95. The van der Waals surface area contributed by atoms with Crippen molar-refractivity contribution in [2.45, 2.75) is 57.1 Å². The summed E-state index contributed by atoms with van der Waals surface area (Å²) < 4.78 is 57.2. The number of allylic oxidation sites excluding steroid dienone is 1. The van der Waals surface area contributed by atoms with Crippen molar-refractivity contribution in [3.05, 3.63) is 95.0 Å². The van der Waals surface area contributed by atoms with E-state index in [4.69, 9.17) is 0 Å². The van der Waals surface area contributed by atoms with Gasteiger partial charge in [0.2, 0.25) is 0 Å². The quantitative estimate of drug-likeness (QED) is 0.220. The lowest BCUT2D eigenvalue weighted by Gasteiger charge is -2.26. The molecule has 0 fully saturated rings. The minimum absolute atomic E-state index is 0.158. The van der Waals surface area contributed by atoms with Gasteiger partial charge < -0.3 is 5.11 Å². The van der Waals surface area contributed by atoms with Crippen LogP contribution in [0.2, 0.25) is 0 Å². The largest absolute Gasteiger partial charge is 0.421 e. The maximum absolute atomic E-state index is 13.5.